The molecule has 0 saturated heterocycles. The molecule has 166 valence electrons. The van der Waals surface area contributed by atoms with Crippen molar-refractivity contribution in [1.29, 1.82) is 0 Å². The van der Waals surface area contributed by atoms with E-state index in [1.54, 1.807) is 30.3 Å². The van der Waals surface area contributed by atoms with Gasteiger partial charge in [-0.15, -0.1) is 0 Å². The molecule has 2 aromatic carbocycles. The Bertz CT molecular complexity index is 1010. The molecule has 3 atom stereocenters. The molecule has 1 aliphatic heterocycles. The number of para-hydroxylation sites is 2. The topological polar surface area (TPSA) is 105 Å². The van der Waals surface area contributed by atoms with Gasteiger partial charge >= 0.3 is 5.97 Å². The zero-order chi connectivity index (χ0) is 22.1. The average Bonchev–Trinajstić information content (AvgIpc) is 3.51. The van der Waals surface area contributed by atoms with Crippen LogP contribution >= 0.6 is 0 Å². The van der Waals surface area contributed by atoms with E-state index in [-0.39, 0.29) is 17.0 Å². The summed E-state index contributed by atoms with van der Waals surface area (Å²) >= 11 is -2.74. The Morgan fingerprint density at radius 3 is 2.74 bits per heavy atom. The van der Waals surface area contributed by atoms with Crippen molar-refractivity contribution in [3.63, 3.8) is 0 Å². The summed E-state index contributed by atoms with van der Waals surface area (Å²) in [7, 11) is 3.98. The van der Waals surface area contributed by atoms with Crippen LogP contribution in [0.2, 0.25) is 0 Å². The molecule has 1 unspecified atom stereocenters. The van der Waals surface area contributed by atoms with Crippen molar-refractivity contribution < 1.29 is 23.4 Å². The Labute approximate surface area is 184 Å². The van der Waals surface area contributed by atoms with Crippen LogP contribution in [0, 0.1) is 5.92 Å². The highest BCUT2D eigenvalue weighted by molar-refractivity contribution is 7.81. The van der Waals surface area contributed by atoms with E-state index in [1.807, 2.05) is 20.2 Å². The third-order valence-electron chi connectivity index (χ3n) is 5.73. The summed E-state index contributed by atoms with van der Waals surface area (Å²) in [5.74, 6) is -0.196. The highest BCUT2D eigenvalue weighted by Crippen LogP contribution is 2.56. The number of carboxylic acids is 1. The number of nitrogens with zero attached hydrogens (tertiary/aromatic N) is 2. The first-order valence-electron chi connectivity index (χ1n) is 10.3. The summed E-state index contributed by atoms with van der Waals surface area (Å²) in [6.45, 7) is 2.00. The molecule has 9 heteroatoms. The van der Waals surface area contributed by atoms with Gasteiger partial charge in [-0.2, -0.15) is 0 Å². The Hall–Kier alpha value is -2.62. The van der Waals surface area contributed by atoms with Gasteiger partial charge in [0.05, 0.1) is 34.9 Å². The molecule has 31 heavy (non-hydrogen) atoms. The van der Waals surface area contributed by atoms with E-state index >= 15 is 0 Å². The Morgan fingerprint density at radius 1 is 1.26 bits per heavy atom. The second-order valence-corrected chi connectivity index (χ2v) is 9.01. The van der Waals surface area contributed by atoms with E-state index in [9.17, 15) is 18.7 Å². The molecule has 0 amide bonds. The van der Waals surface area contributed by atoms with Crippen LogP contribution in [0.1, 0.15) is 34.7 Å². The van der Waals surface area contributed by atoms with Gasteiger partial charge < -0.3 is 24.6 Å². The predicted octanol–water partition coefficient (Wildman–Crippen LogP) is 3.18. The van der Waals surface area contributed by atoms with E-state index in [2.05, 4.69) is 10.2 Å². The minimum atomic E-state index is -2.74. The van der Waals surface area contributed by atoms with Crippen LogP contribution < -0.4 is 14.4 Å². The van der Waals surface area contributed by atoms with Crippen molar-refractivity contribution in [3.8, 4) is 5.75 Å². The van der Waals surface area contributed by atoms with Crippen LogP contribution in [0.3, 0.4) is 0 Å². The summed E-state index contributed by atoms with van der Waals surface area (Å²) in [6, 6.07) is 10.4. The minimum Gasteiger partial charge on any atom is -0.755 e. The molecule has 4 rings (SSSR count). The van der Waals surface area contributed by atoms with E-state index in [0.717, 1.165) is 29.3 Å². The summed E-state index contributed by atoms with van der Waals surface area (Å²) in [5.41, 5.74) is 1.78. The lowest BCUT2D eigenvalue weighted by molar-refractivity contribution is 0.0692. The van der Waals surface area contributed by atoms with Gasteiger partial charge in [0.25, 0.3) is 0 Å². The number of aromatic carboxylic acids is 1. The number of nitrogens with one attached hydrogen (secondary N) is 1. The van der Waals surface area contributed by atoms with E-state index in [1.165, 1.54) is 0 Å². The first kappa shape index (κ1) is 21.6. The van der Waals surface area contributed by atoms with E-state index < -0.39 is 17.2 Å². The lowest BCUT2D eigenvalue weighted by Gasteiger charge is -2.31. The van der Waals surface area contributed by atoms with Gasteiger partial charge in [0.2, 0.25) is 0 Å². The molecule has 0 aromatic heterocycles. The first-order valence-corrected chi connectivity index (χ1v) is 11.3. The molecule has 0 radical (unpaired) electrons. The van der Waals surface area contributed by atoms with Gasteiger partial charge in [0.15, 0.2) is 0 Å². The van der Waals surface area contributed by atoms with Crippen molar-refractivity contribution >= 4 is 34.3 Å². The fraction of sp³-hybridized carbons (Fsp3) is 0.409. The molecule has 0 spiro atoms. The molecule has 1 saturated carbocycles. The fourth-order valence-corrected chi connectivity index (χ4v) is 4.76. The number of carboxylic acid groups (broad SMARTS) is 1. The number of hydrogen-bond donors (Lipinski definition) is 2. The zero-order valence-corrected chi connectivity index (χ0v) is 18.4. The third-order valence-corrected chi connectivity index (χ3v) is 6.42. The van der Waals surface area contributed by atoms with E-state index in [4.69, 9.17) is 4.74 Å². The third kappa shape index (κ3) is 4.39. The normalized spacial score (nSPS) is 19.7. The predicted molar refractivity (Wildman–Crippen MR) is 119 cm³/mol. The smallest absolute Gasteiger partial charge is 0.341 e. The van der Waals surface area contributed by atoms with Crippen molar-refractivity contribution in [2.45, 2.75) is 18.8 Å². The largest absolute Gasteiger partial charge is 0.755 e. The molecule has 1 fully saturated rings. The van der Waals surface area contributed by atoms with Crippen molar-refractivity contribution in [2.24, 2.45) is 5.92 Å². The van der Waals surface area contributed by atoms with Gasteiger partial charge in [0, 0.05) is 12.5 Å². The highest BCUT2D eigenvalue weighted by Gasteiger charge is 2.45. The van der Waals surface area contributed by atoms with Gasteiger partial charge in [0.1, 0.15) is 11.3 Å². The monoisotopic (exact) mass is 444 g/mol. The molecule has 8 nitrogen and oxygen atoms in total. The summed E-state index contributed by atoms with van der Waals surface area (Å²) < 4.78 is 31.5. The van der Waals surface area contributed by atoms with Crippen LogP contribution in [0.5, 0.6) is 5.75 Å². The SMILES string of the molecule is CN(C)CCCNc1ccccc1N(c1ccc2c(c1C(=O)O)OC[C@H]1C[C@@H]21)S(=O)[O-]. The van der Waals surface area contributed by atoms with Gasteiger partial charge in [-0.05, 0) is 63.2 Å². The number of carbonyl (C=O) groups is 1. The standard InChI is InChI=1S/C22H27N3O5S/c1-24(2)11-5-10-23-17-6-3-4-7-18(17)25(31(28)29)19-9-8-15-16-12-14(16)13-30-21(15)20(19)22(26)27/h3-4,6-9,14,16,23H,5,10-13H2,1-2H3,(H,26,27)(H,28,29)/p-1/t14-,16-/m1/s1. The highest BCUT2D eigenvalue weighted by atomic mass is 32.2. The molecule has 1 aliphatic carbocycles. The van der Waals surface area contributed by atoms with Crippen LogP contribution in [0.15, 0.2) is 36.4 Å². The second-order valence-electron chi connectivity index (χ2n) is 8.21. The number of anilines is 3. The van der Waals surface area contributed by atoms with Crippen molar-refractivity contribution in [3.05, 3.63) is 47.5 Å². The lowest BCUT2D eigenvalue weighted by atomic mass is 10.00. The second kappa shape index (κ2) is 8.86. The van der Waals surface area contributed by atoms with Crippen LogP contribution in [0.25, 0.3) is 0 Å². The number of fused-ring (bicyclic) bond motifs is 3. The quantitative estimate of drug-likeness (QED) is 0.452. The van der Waals surface area contributed by atoms with Gasteiger partial charge in [-0.3, -0.25) is 8.51 Å². The molecule has 0 bridgehead atoms. The van der Waals surface area contributed by atoms with E-state index in [0.29, 0.717) is 36.4 Å². The van der Waals surface area contributed by atoms with Gasteiger partial charge in [-0.25, -0.2) is 4.79 Å². The van der Waals surface area contributed by atoms with Crippen LogP contribution in [0.4, 0.5) is 17.1 Å². The van der Waals surface area contributed by atoms with Crippen molar-refractivity contribution in [2.75, 3.05) is 43.4 Å². The van der Waals surface area contributed by atoms with Crippen LogP contribution in [-0.4, -0.2) is 58.5 Å². The first-order chi connectivity index (χ1) is 14.9. The molecule has 2 aromatic rings. The maximum Gasteiger partial charge on any atom is 0.341 e. The Morgan fingerprint density at radius 2 is 2.03 bits per heavy atom. The van der Waals surface area contributed by atoms with Gasteiger partial charge in [-0.1, -0.05) is 18.2 Å². The minimum absolute atomic E-state index is 0.0706. The average molecular weight is 445 g/mol. The Balaban J connectivity index is 1.73. The number of ether oxygens (including phenoxy) is 1. The zero-order valence-electron chi connectivity index (χ0n) is 17.5. The summed E-state index contributed by atoms with van der Waals surface area (Å²) in [5, 5.41) is 13.2. The molecule has 2 aliphatic rings. The lowest BCUT2D eigenvalue weighted by Crippen LogP contribution is -2.25. The molecule has 2 N–H and O–H groups in total. The van der Waals surface area contributed by atoms with Crippen LogP contribution in [-0.2, 0) is 11.3 Å². The molecular formula is C22H26N3O5S-. The summed E-state index contributed by atoms with van der Waals surface area (Å²) in [4.78, 5) is 14.3. The van der Waals surface area contributed by atoms with Crippen molar-refractivity contribution in [1.82, 2.24) is 4.90 Å². The maximum absolute atomic E-state index is 12.3. The Kier molecular flexibility index (Phi) is 6.17. The number of rotatable bonds is 9. The number of benzene rings is 2. The maximum atomic E-state index is 12.3. The number of hydrogen-bond acceptors (Lipinski definition) is 6. The summed E-state index contributed by atoms with van der Waals surface area (Å²) in [6.07, 6.45) is 1.85. The molecule has 1 heterocycles. The molecular weight excluding hydrogens is 418 g/mol. The fourth-order valence-electron chi connectivity index (χ4n) is 4.12.